The topological polar surface area (TPSA) is 87.7 Å². The molecule has 28 heavy (non-hydrogen) atoms. The maximum atomic E-state index is 12.5. The molecule has 2 aromatic carbocycles. The van der Waals surface area contributed by atoms with Crippen molar-refractivity contribution < 1.29 is 19.4 Å². The van der Waals surface area contributed by atoms with Crippen molar-refractivity contribution in [3.05, 3.63) is 56.5 Å². The molecule has 1 amide bonds. The Morgan fingerprint density at radius 3 is 2.61 bits per heavy atom. The van der Waals surface area contributed by atoms with Crippen molar-refractivity contribution in [2.24, 2.45) is 0 Å². The highest BCUT2D eigenvalue weighted by Crippen LogP contribution is 2.31. The molecule has 9 heteroatoms. The van der Waals surface area contributed by atoms with E-state index in [2.05, 4.69) is 42.5 Å². The normalized spacial score (nSPS) is 11.4. The molecule has 1 atom stereocenters. The Morgan fingerprint density at radius 2 is 1.96 bits per heavy atom. The van der Waals surface area contributed by atoms with Crippen LogP contribution in [0.4, 0.5) is 5.69 Å². The van der Waals surface area contributed by atoms with Crippen LogP contribution in [0.5, 0.6) is 5.75 Å². The molecular formula is C19H18Br2N2O4S. The molecule has 6 nitrogen and oxygen atoms in total. The SMILES string of the molecule is CCC(C)Oc1cccc(C(=O)NC(=S)Nc2c(Br)cc(Br)cc2C(=O)O)c1. The van der Waals surface area contributed by atoms with Gasteiger partial charge < -0.3 is 15.2 Å². The molecule has 0 saturated carbocycles. The van der Waals surface area contributed by atoms with Gasteiger partial charge in [-0.2, -0.15) is 0 Å². The first kappa shape index (κ1) is 22.3. The van der Waals surface area contributed by atoms with E-state index in [1.807, 2.05) is 13.8 Å². The summed E-state index contributed by atoms with van der Waals surface area (Å²) in [7, 11) is 0. The van der Waals surface area contributed by atoms with Gasteiger partial charge in [0.1, 0.15) is 5.75 Å². The maximum absolute atomic E-state index is 12.5. The first-order valence-corrected chi connectivity index (χ1v) is 10.3. The van der Waals surface area contributed by atoms with Crippen LogP contribution in [0.25, 0.3) is 0 Å². The molecule has 0 fully saturated rings. The lowest BCUT2D eigenvalue weighted by Crippen LogP contribution is -2.34. The summed E-state index contributed by atoms with van der Waals surface area (Å²) in [5.41, 5.74) is 0.620. The van der Waals surface area contributed by atoms with E-state index >= 15 is 0 Å². The Bertz CT molecular complexity index is 921. The second-order valence-corrected chi connectivity index (χ2v) is 8.07. The number of benzene rings is 2. The van der Waals surface area contributed by atoms with E-state index in [1.54, 1.807) is 30.3 Å². The minimum absolute atomic E-state index is 0.00167. The number of thiocarbonyl (C=S) groups is 1. The molecule has 0 bridgehead atoms. The first-order valence-electron chi connectivity index (χ1n) is 8.32. The van der Waals surface area contributed by atoms with Gasteiger partial charge in [-0.15, -0.1) is 0 Å². The molecule has 2 aromatic rings. The van der Waals surface area contributed by atoms with Crippen LogP contribution in [0.3, 0.4) is 0 Å². The number of hydrogen-bond donors (Lipinski definition) is 3. The highest BCUT2D eigenvalue weighted by atomic mass is 79.9. The van der Waals surface area contributed by atoms with Crippen LogP contribution in [-0.4, -0.2) is 28.2 Å². The molecule has 0 spiro atoms. The molecule has 1 unspecified atom stereocenters. The molecule has 148 valence electrons. The van der Waals surface area contributed by atoms with Gasteiger partial charge >= 0.3 is 5.97 Å². The zero-order chi connectivity index (χ0) is 20.8. The fourth-order valence-electron chi connectivity index (χ4n) is 2.22. The van der Waals surface area contributed by atoms with Crippen molar-refractivity contribution in [1.82, 2.24) is 5.32 Å². The van der Waals surface area contributed by atoms with Gasteiger partial charge in [-0.3, -0.25) is 10.1 Å². The van der Waals surface area contributed by atoms with E-state index in [0.717, 1.165) is 6.42 Å². The summed E-state index contributed by atoms with van der Waals surface area (Å²) in [5, 5.41) is 14.7. The average Bonchev–Trinajstić information content (AvgIpc) is 2.63. The second-order valence-electron chi connectivity index (χ2n) is 5.89. The van der Waals surface area contributed by atoms with E-state index in [-0.39, 0.29) is 22.5 Å². The van der Waals surface area contributed by atoms with Crippen molar-refractivity contribution in [3.63, 3.8) is 0 Å². The maximum Gasteiger partial charge on any atom is 0.337 e. The van der Waals surface area contributed by atoms with Crippen LogP contribution in [0.2, 0.25) is 0 Å². The molecule has 0 radical (unpaired) electrons. The molecule has 0 aromatic heterocycles. The Hall–Kier alpha value is -1.97. The summed E-state index contributed by atoms with van der Waals surface area (Å²) in [4.78, 5) is 24.0. The standard InChI is InChI=1S/C19H18Br2N2O4S/c1-3-10(2)27-13-6-4-5-11(7-13)17(24)23-19(28)22-16-14(18(25)26)8-12(20)9-15(16)21/h4-10H,3H2,1-2H3,(H,25,26)(H2,22,23,24,28). The van der Waals surface area contributed by atoms with Crippen LogP contribution < -0.4 is 15.4 Å². The summed E-state index contributed by atoms with van der Waals surface area (Å²) < 4.78 is 6.80. The number of halogens is 2. The Balaban J connectivity index is 2.13. The number of ether oxygens (including phenoxy) is 1. The minimum atomic E-state index is -1.13. The number of carboxylic acid groups (broad SMARTS) is 1. The van der Waals surface area contributed by atoms with E-state index in [9.17, 15) is 14.7 Å². The van der Waals surface area contributed by atoms with E-state index in [1.165, 1.54) is 6.07 Å². The van der Waals surface area contributed by atoms with Crippen molar-refractivity contribution >= 4 is 66.8 Å². The summed E-state index contributed by atoms with van der Waals surface area (Å²) in [5.74, 6) is -0.976. The van der Waals surface area contributed by atoms with Gasteiger partial charge in [0, 0.05) is 14.5 Å². The summed E-state index contributed by atoms with van der Waals surface area (Å²) >= 11 is 11.7. The molecular weight excluding hydrogens is 512 g/mol. The molecule has 3 N–H and O–H groups in total. The van der Waals surface area contributed by atoms with E-state index in [0.29, 0.717) is 20.3 Å². The smallest absolute Gasteiger partial charge is 0.337 e. The lowest BCUT2D eigenvalue weighted by molar-refractivity contribution is 0.0697. The third-order valence-electron chi connectivity index (χ3n) is 3.76. The van der Waals surface area contributed by atoms with Gasteiger partial charge in [0.25, 0.3) is 5.91 Å². The van der Waals surface area contributed by atoms with Crippen LogP contribution in [0.15, 0.2) is 45.3 Å². The first-order chi connectivity index (χ1) is 13.2. The number of carbonyl (C=O) groups is 2. The largest absolute Gasteiger partial charge is 0.491 e. The second kappa shape index (κ2) is 9.99. The molecule has 0 aliphatic heterocycles. The van der Waals surface area contributed by atoms with Gasteiger partial charge in [-0.1, -0.05) is 28.9 Å². The molecule has 0 aliphatic carbocycles. The number of hydrogen-bond acceptors (Lipinski definition) is 4. The van der Waals surface area contributed by atoms with Crippen LogP contribution in [0.1, 0.15) is 41.0 Å². The van der Waals surface area contributed by atoms with Crippen molar-refractivity contribution in [2.45, 2.75) is 26.4 Å². The average molecular weight is 530 g/mol. The fourth-order valence-corrected chi connectivity index (χ4v) is 3.73. The zero-order valence-corrected chi connectivity index (χ0v) is 19.1. The number of nitrogens with one attached hydrogen (secondary N) is 2. The number of carbonyl (C=O) groups excluding carboxylic acids is 1. The summed E-state index contributed by atoms with van der Waals surface area (Å²) in [6.45, 7) is 3.96. The van der Waals surface area contributed by atoms with Gasteiger partial charge in [-0.25, -0.2) is 4.79 Å². The fraction of sp³-hybridized carbons (Fsp3) is 0.211. The predicted molar refractivity (Wildman–Crippen MR) is 119 cm³/mol. The number of aromatic carboxylic acids is 1. The number of rotatable bonds is 6. The molecule has 2 rings (SSSR count). The van der Waals surface area contributed by atoms with Gasteiger partial charge in [0.2, 0.25) is 0 Å². The monoisotopic (exact) mass is 528 g/mol. The highest BCUT2D eigenvalue weighted by molar-refractivity contribution is 9.11. The van der Waals surface area contributed by atoms with Gasteiger partial charge in [0.15, 0.2) is 5.11 Å². The van der Waals surface area contributed by atoms with Gasteiger partial charge in [0.05, 0.1) is 17.4 Å². The van der Waals surface area contributed by atoms with Gasteiger partial charge in [-0.05, 0) is 71.8 Å². The Morgan fingerprint density at radius 1 is 1.25 bits per heavy atom. The Kier molecular flexibility index (Phi) is 7.97. The van der Waals surface area contributed by atoms with Crippen molar-refractivity contribution in [1.29, 1.82) is 0 Å². The third kappa shape index (κ3) is 6.02. The third-order valence-corrected chi connectivity index (χ3v) is 5.05. The molecule has 0 saturated heterocycles. The number of carboxylic acids is 1. The number of anilines is 1. The molecule has 0 heterocycles. The lowest BCUT2D eigenvalue weighted by atomic mass is 10.2. The van der Waals surface area contributed by atoms with Crippen LogP contribution in [-0.2, 0) is 0 Å². The quantitative estimate of drug-likeness (QED) is 0.445. The molecule has 0 aliphatic rings. The zero-order valence-electron chi connectivity index (χ0n) is 15.1. The van der Waals surface area contributed by atoms with Crippen molar-refractivity contribution in [3.8, 4) is 5.75 Å². The van der Waals surface area contributed by atoms with E-state index < -0.39 is 11.9 Å². The van der Waals surface area contributed by atoms with E-state index in [4.69, 9.17) is 17.0 Å². The highest BCUT2D eigenvalue weighted by Gasteiger charge is 2.17. The Labute approximate surface area is 184 Å². The number of amides is 1. The minimum Gasteiger partial charge on any atom is -0.491 e. The predicted octanol–water partition coefficient (Wildman–Crippen LogP) is 5.21. The van der Waals surface area contributed by atoms with Crippen molar-refractivity contribution in [2.75, 3.05) is 5.32 Å². The summed E-state index contributed by atoms with van der Waals surface area (Å²) in [6.07, 6.45) is 0.878. The van der Waals surface area contributed by atoms with Crippen LogP contribution in [0, 0.1) is 0 Å². The van der Waals surface area contributed by atoms with Crippen LogP contribution >= 0.6 is 44.1 Å². The lowest BCUT2D eigenvalue weighted by Gasteiger charge is -2.15. The summed E-state index contributed by atoms with van der Waals surface area (Å²) in [6, 6.07) is 9.88.